The molecule has 0 amide bonds. The van der Waals surface area contributed by atoms with Crippen LogP contribution in [-0.4, -0.2) is 0 Å². The maximum Gasteiger partial charge on any atom is -0.00133 e. The third kappa shape index (κ3) is 5.74. The van der Waals surface area contributed by atoms with Gasteiger partial charge in [0.15, 0.2) is 0 Å². The van der Waals surface area contributed by atoms with Crippen LogP contribution in [0.4, 0.5) is 0 Å². The monoisotopic (exact) mass is 390 g/mol. The lowest BCUT2D eigenvalue weighted by Gasteiger charge is -2.15. The molecule has 0 aliphatic heterocycles. The first-order valence-electron chi connectivity index (χ1n) is 12.4. The molecule has 2 aromatic carbocycles. The van der Waals surface area contributed by atoms with Crippen LogP contribution < -0.4 is 0 Å². The van der Waals surface area contributed by atoms with Crippen LogP contribution in [0.15, 0.2) is 36.4 Å². The molecule has 0 saturated heterocycles. The van der Waals surface area contributed by atoms with Gasteiger partial charge in [0, 0.05) is 0 Å². The molecule has 2 unspecified atom stereocenters. The summed E-state index contributed by atoms with van der Waals surface area (Å²) >= 11 is 0. The van der Waals surface area contributed by atoms with Crippen molar-refractivity contribution in [2.24, 2.45) is 11.8 Å². The normalized spacial score (nSPS) is 14.5. The first kappa shape index (κ1) is 22.1. The summed E-state index contributed by atoms with van der Waals surface area (Å²) in [6.45, 7) is 9.32. The fourth-order valence-corrected chi connectivity index (χ4v) is 5.12. The van der Waals surface area contributed by atoms with Crippen LogP contribution in [0.5, 0.6) is 0 Å². The summed E-state index contributed by atoms with van der Waals surface area (Å²) in [6.07, 6.45) is 14.4. The molecule has 1 aliphatic carbocycles. The lowest BCUT2D eigenvalue weighted by Crippen LogP contribution is -2.03. The number of hydrogen-bond acceptors (Lipinski definition) is 0. The van der Waals surface area contributed by atoms with Crippen molar-refractivity contribution in [3.05, 3.63) is 58.7 Å². The molecule has 3 rings (SSSR count). The Morgan fingerprint density at radius 1 is 0.655 bits per heavy atom. The van der Waals surface area contributed by atoms with Crippen molar-refractivity contribution in [3.8, 4) is 11.1 Å². The van der Waals surface area contributed by atoms with Gasteiger partial charge < -0.3 is 0 Å². The van der Waals surface area contributed by atoms with Gasteiger partial charge in [-0.1, -0.05) is 115 Å². The standard InChI is InChI=1S/C29H42/c1-5-9-11-22(7-3)17-24-13-15-28-26(19-24)21-27-20-25(14-16-29(27)28)18-23(8-4)12-10-6-2/h13-16,19-20,22-23H,5-12,17-18,21H2,1-4H3. The SMILES string of the molecule is CCCCC(CC)Cc1ccc2c(c1)Cc1cc(CC(CC)CCCC)ccc1-2. The van der Waals surface area contributed by atoms with Gasteiger partial charge >= 0.3 is 0 Å². The van der Waals surface area contributed by atoms with Gasteiger partial charge in [0.1, 0.15) is 0 Å². The number of fused-ring (bicyclic) bond motifs is 3. The van der Waals surface area contributed by atoms with Crippen molar-refractivity contribution in [1.29, 1.82) is 0 Å². The maximum atomic E-state index is 2.51. The zero-order chi connectivity index (χ0) is 20.6. The van der Waals surface area contributed by atoms with E-state index < -0.39 is 0 Å². The van der Waals surface area contributed by atoms with Crippen LogP contribution in [0.1, 0.15) is 101 Å². The predicted molar refractivity (Wildman–Crippen MR) is 129 cm³/mol. The Balaban J connectivity index is 1.69. The van der Waals surface area contributed by atoms with Gasteiger partial charge in [-0.3, -0.25) is 0 Å². The van der Waals surface area contributed by atoms with E-state index in [0.717, 1.165) is 18.3 Å². The summed E-state index contributed by atoms with van der Waals surface area (Å²) < 4.78 is 0. The molecule has 158 valence electrons. The lowest BCUT2D eigenvalue weighted by atomic mass is 9.90. The Bertz CT molecular complexity index is 704. The number of unbranched alkanes of at least 4 members (excludes halogenated alkanes) is 2. The second-order valence-corrected chi connectivity index (χ2v) is 9.40. The highest BCUT2D eigenvalue weighted by Gasteiger charge is 2.20. The van der Waals surface area contributed by atoms with E-state index >= 15 is 0 Å². The molecule has 0 heterocycles. The summed E-state index contributed by atoms with van der Waals surface area (Å²) in [5.74, 6) is 1.69. The highest BCUT2D eigenvalue weighted by molar-refractivity contribution is 5.77. The van der Waals surface area contributed by atoms with Gasteiger partial charge in [-0.25, -0.2) is 0 Å². The fraction of sp³-hybridized carbons (Fsp3) is 0.586. The second kappa shape index (κ2) is 11.0. The largest absolute Gasteiger partial charge is 0.0654 e. The smallest absolute Gasteiger partial charge is 0.00133 e. The Labute approximate surface area is 180 Å². The van der Waals surface area contributed by atoms with Gasteiger partial charge in [0.25, 0.3) is 0 Å². The quantitative estimate of drug-likeness (QED) is 0.290. The van der Waals surface area contributed by atoms with Crippen LogP contribution >= 0.6 is 0 Å². The Hall–Kier alpha value is -1.56. The van der Waals surface area contributed by atoms with E-state index in [4.69, 9.17) is 0 Å². The molecular weight excluding hydrogens is 348 g/mol. The van der Waals surface area contributed by atoms with Crippen molar-refractivity contribution in [1.82, 2.24) is 0 Å². The number of rotatable bonds is 12. The van der Waals surface area contributed by atoms with E-state index in [0.29, 0.717) is 0 Å². The van der Waals surface area contributed by atoms with Crippen molar-refractivity contribution in [3.63, 3.8) is 0 Å². The lowest BCUT2D eigenvalue weighted by molar-refractivity contribution is 0.449. The van der Waals surface area contributed by atoms with E-state index in [-0.39, 0.29) is 0 Å². The number of hydrogen-bond donors (Lipinski definition) is 0. The minimum Gasteiger partial charge on any atom is -0.0654 e. The van der Waals surface area contributed by atoms with Gasteiger partial charge in [-0.05, 0) is 64.5 Å². The van der Waals surface area contributed by atoms with Crippen LogP contribution in [0.3, 0.4) is 0 Å². The summed E-state index contributed by atoms with van der Waals surface area (Å²) in [5, 5.41) is 0. The van der Waals surface area contributed by atoms with Crippen LogP contribution in [0.25, 0.3) is 11.1 Å². The molecule has 2 atom stereocenters. The zero-order valence-corrected chi connectivity index (χ0v) is 19.4. The first-order chi connectivity index (χ1) is 14.2. The summed E-state index contributed by atoms with van der Waals surface area (Å²) in [5.41, 5.74) is 9.16. The topological polar surface area (TPSA) is 0 Å². The number of benzene rings is 2. The van der Waals surface area contributed by atoms with Crippen LogP contribution in [0.2, 0.25) is 0 Å². The van der Waals surface area contributed by atoms with E-state index in [1.54, 1.807) is 22.3 Å². The molecule has 0 heteroatoms. The van der Waals surface area contributed by atoms with Gasteiger partial charge in [-0.15, -0.1) is 0 Å². The van der Waals surface area contributed by atoms with Crippen molar-refractivity contribution in [2.75, 3.05) is 0 Å². The second-order valence-electron chi connectivity index (χ2n) is 9.40. The Morgan fingerprint density at radius 2 is 1.10 bits per heavy atom. The average Bonchev–Trinajstić information content (AvgIpc) is 3.10. The molecule has 0 nitrogen and oxygen atoms in total. The van der Waals surface area contributed by atoms with E-state index in [2.05, 4.69) is 64.1 Å². The predicted octanol–water partition coefficient (Wildman–Crippen LogP) is 8.78. The van der Waals surface area contributed by atoms with Gasteiger partial charge in [-0.2, -0.15) is 0 Å². The Morgan fingerprint density at radius 3 is 1.48 bits per heavy atom. The highest BCUT2D eigenvalue weighted by Crippen LogP contribution is 2.38. The molecule has 0 fully saturated rings. The summed E-state index contributed by atoms with van der Waals surface area (Å²) in [6, 6.07) is 14.6. The van der Waals surface area contributed by atoms with Crippen molar-refractivity contribution < 1.29 is 0 Å². The van der Waals surface area contributed by atoms with Crippen molar-refractivity contribution >= 4 is 0 Å². The first-order valence-corrected chi connectivity index (χ1v) is 12.4. The molecule has 0 N–H and O–H groups in total. The molecule has 2 aromatic rings. The van der Waals surface area contributed by atoms with Crippen LogP contribution in [-0.2, 0) is 19.3 Å². The van der Waals surface area contributed by atoms with Crippen LogP contribution in [0, 0.1) is 11.8 Å². The minimum absolute atomic E-state index is 0.845. The third-order valence-corrected chi connectivity index (χ3v) is 7.15. The highest BCUT2D eigenvalue weighted by atomic mass is 14.2. The molecule has 1 aliphatic rings. The fourth-order valence-electron chi connectivity index (χ4n) is 5.12. The minimum atomic E-state index is 0.845. The van der Waals surface area contributed by atoms with Crippen molar-refractivity contribution in [2.45, 2.75) is 98.3 Å². The van der Waals surface area contributed by atoms with E-state index in [9.17, 15) is 0 Å². The summed E-state index contributed by atoms with van der Waals surface area (Å²) in [4.78, 5) is 0. The molecule has 0 spiro atoms. The van der Waals surface area contributed by atoms with Gasteiger partial charge in [0.05, 0.1) is 0 Å². The zero-order valence-electron chi connectivity index (χ0n) is 19.4. The molecule has 0 aromatic heterocycles. The molecule has 0 bridgehead atoms. The molecular formula is C29H42. The average molecular weight is 391 g/mol. The maximum absolute atomic E-state index is 2.51. The van der Waals surface area contributed by atoms with E-state index in [1.807, 2.05) is 0 Å². The van der Waals surface area contributed by atoms with Gasteiger partial charge in [0.2, 0.25) is 0 Å². The summed E-state index contributed by atoms with van der Waals surface area (Å²) in [7, 11) is 0. The molecule has 0 saturated carbocycles. The third-order valence-electron chi connectivity index (χ3n) is 7.15. The molecule has 0 radical (unpaired) electrons. The Kier molecular flexibility index (Phi) is 8.40. The molecule has 29 heavy (non-hydrogen) atoms. The van der Waals surface area contributed by atoms with E-state index in [1.165, 1.54) is 75.3 Å².